The maximum absolute atomic E-state index is 10.9. The van der Waals surface area contributed by atoms with Crippen molar-refractivity contribution in [3.63, 3.8) is 0 Å². The number of hydrogen-bond donors (Lipinski definition) is 1. The Bertz CT molecular complexity index is 135. The van der Waals surface area contributed by atoms with Gasteiger partial charge in [0.05, 0.1) is 0 Å². The molecule has 0 saturated carbocycles. The third-order valence-corrected chi connectivity index (χ3v) is 1.68. The Morgan fingerprint density at radius 1 is 1.33 bits per heavy atom. The van der Waals surface area contributed by atoms with E-state index in [2.05, 4.69) is 26.1 Å². The number of nitrogens with one attached hydrogen (secondary N) is 1. The van der Waals surface area contributed by atoms with E-state index in [9.17, 15) is 4.79 Å². The second kappa shape index (κ2) is 5.31. The molecule has 0 aromatic carbocycles. The molecule has 0 fully saturated rings. The van der Waals surface area contributed by atoms with Crippen LogP contribution in [0.2, 0.25) is 0 Å². The van der Waals surface area contributed by atoms with Crippen molar-refractivity contribution >= 4 is 5.78 Å². The van der Waals surface area contributed by atoms with Crippen LogP contribution in [0, 0.1) is 0 Å². The summed E-state index contributed by atoms with van der Waals surface area (Å²) >= 11 is 0. The lowest BCUT2D eigenvalue weighted by atomic mass is 10.1. The monoisotopic (exact) mass is 171 g/mol. The van der Waals surface area contributed by atoms with Gasteiger partial charge >= 0.3 is 0 Å². The fourth-order valence-corrected chi connectivity index (χ4v) is 0.926. The molecule has 0 aromatic heterocycles. The molecule has 0 radical (unpaired) electrons. The molecular weight excluding hydrogens is 150 g/mol. The van der Waals surface area contributed by atoms with Crippen LogP contribution in [0.25, 0.3) is 0 Å². The van der Waals surface area contributed by atoms with Crippen LogP contribution in [0.5, 0.6) is 0 Å². The Labute approximate surface area is 75.7 Å². The average molecular weight is 171 g/mol. The second-order valence-corrected chi connectivity index (χ2v) is 4.17. The van der Waals surface area contributed by atoms with Crippen LogP contribution >= 0.6 is 0 Å². The first-order valence-electron chi connectivity index (χ1n) is 4.72. The van der Waals surface area contributed by atoms with Crippen LogP contribution in [0.4, 0.5) is 0 Å². The maximum atomic E-state index is 10.9. The van der Waals surface area contributed by atoms with Gasteiger partial charge in [-0.3, -0.25) is 4.79 Å². The van der Waals surface area contributed by atoms with E-state index >= 15 is 0 Å². The predicted molar refractivity (Wildman–Crippen MR) is 52.3 cm³/mol. The van der Waals surface area contributed by atoms with Crippen molar-refractivity contribution in [2.45, 2.75) is 52.5 Å². The van der Waals surface area contributed by atoms with Gasteiger partial charge in [-0.05, 0) is 33.7 Å². The minimum Gasteiger partial charge on any atom is -0.312 e. The molecule has 0 aliphatic carbocycles. The summed E-state index contributed by atoms with van der Waals surface area (Å²) in [6.45, 7) is 9.26. The van der Waals surface area contributed by atoms with E-state index in [1.54, 1.807) is 0 Å². The number of ketones is 1. The zero-order valence-electron chi connectivity index (χ0n) is 8.74. The highest BCUT2D eigenvalue weighted by atomic mass is 16.1. The largest absolute Gasteiger partial charge is 0.312 e. The first-order valence-corrected chi connectivity index (χ1v) is 4.72. The van der Waals surface area contributed by atoms with E-state index in [1.807, 2.05) is 6.92 Å². The summed E-state index contributed by atoms with van der Waals surface area (Å²) in [5, 5.41) is 3.35. The molecule has 0 unspecified atom stereocenters. The number of carbonyl (C=O) groups excluding carboxylic acids is 1. The molecule has 72 valence electrons. The quantitative estimate of drug-likeness (QED) is 0.642. The maximum Gasteiger partial charge on any atom is 0.132 e. The van der Waals surface area contributed by atoms with Gasteiger partial charge in [0.1, 0.15) is 5.78 Å². The van der Waals surface area contributed by atoms with Gasteiger partial charge in [0.2, 0.25) is 0 Å². The third kappa shape index (κ3) is 7.73. The lowest BCUT2D eigenvalue weighted by Gasteiger charge is -2.20. The van der Waals surface area contributed by atoms with E-state index in [0.29, 0.717) is 12.2 Å². The fraction of sp³-hybridized carbons (Fsp3) is 0.900. The molecule has 1 N–H and O–H groups in total. The molecule has 0 aliphatic rings. The van der Waals surface area contributed by atoms with Crippen molar-refractivity contribution in [3.8, 4) is 0 Å². The van der Waals surface area contributed by atoms with Crippen LogP contribution < -0.4 is 5.32 Å². The molecule has 0 atom stereocenters. The van der Waals surface area contributed by atoms with Crippen LogP contribution in [0.1, 0.15) is 47.0 Å². The fourth-order valence-electron chi connectivity index (χ4n) is 0.926. The van der Waals surface area contributed by atoms with E-state index < -0.39 is 0 Å². The SMILES string of the molecule is CCC(=O)CCCNC(C)(C)C. The Kier molecular flexibility index (Phi) is 5.14. The van der Waals surface area contributed by atoms with Gasteiger partial charge in [0, 0.05) is 18.4 Å². The molecule has 0 spiro atoms. The molecular formula is C10H21NO. The van der Waals surface area contributed by atoms with Crippen molar-refractivity contribution in [1.29, 1.82) is 0 Å². The molecule has 0 heterocycles. The molecule has 0 rings (SSSR count). The van der Waals surface area contributed by atoms with Crippen molar-refractivity contribution in [2.24, 2.45) is 0 Å². The molecule has 12 heavy (non-hydrogen) atoms. The smallest absolute Gasteiger partial charge is 0.132 e. The number of Topliss-reactive ketones (excluding diaryl/α,β-unsaturated/α-hetero) is 1. The first-order chi connectivity index (χ1) is 5.45. The van der Waals surface area contributed by atoms with Gasteiger partial charge in [-0.1, -0.05) is 6.92 Å². The van der Waals surface area contributed by atoms with Crippen molar-refractivity contribution in [2.75, 3.05) is 6.54 Å². The van der Waals surface area contributed by atoms with Gasteiger partial charge in [0.15, 0.2) is 0 Å². The van der Waals surface area contributed by atoms with Gasteiger partial charge in [-0.15, -0.1) is 0 Å². The summed E-state index contributed by atoms with van der Waals surface area (Å²) in [5.74, 6) is 0.366. The Balaban J connectivity index is 3.28. The highest BCUT2D eigenvalue weighted by molar-refractivity contribution is 5.77. The molecule has 2 heteroatoms. The lowest BCUT2D eigenvalue weighted by molar-refractivity contribution is -0.118. The van der Waals surface area contributed by atoms with Crippen molar-refractivity contribution < 1.29 is 4.79 Å². The second-order valence-electron chi connectivity index (χ2n) is 4.17. The summed E-state index contributed by atoms with van der Waals surface area (Å²) in [7, 11) is 0. The number of hydrogen-bond acceptors (Lipinski definition) is 2. The van der Waals surface area contributed by atoms with Gasteiger partial charge in [-0.25, -0.2) is 0 Å². The standard InChI is InChI=1S/C10H21NO/c1-5-9(12)7-6-8-11-10(2,3)4/h11H,5-8H2,1-4H3. The molecule has 0 amide bonds. The zero-order valence-corrected chi connectivity index (χ0v) is 8.74. The molecule has 0 saturated heterocycles. The summed E-state index contributed by atoms with van der Waals surface area (Å²) < 4.78 is 0. The highest BCUT2D eigenvalue weighted by Crippen LogP contribution is 2.00. The predicted octanol–water partition coefficient (Wildman–Crippen LogP) is 2.13. The van der Waals surface area contributed by atoms with E-state index in [-0.39, 0.29) is 5.54 Å². The van der Waals surface area contributed by atoms with Crippen LogP contribution in [0.15, 0.2) is 0 Å². The normalized spacial score (nSPS) is 11.7. The van der Waals surface area contributed by atoms with Crippen LogP contribution in [0.3, 0.4) is 0 Å². The summed E-state index contributed by atoms with van der Waals surface area (Å²) in [6.07, 6.45) is 2.36. The summed E-state index contributed by atoms with van der Waals surface area (Å²) in [6, 6.07) is 0. The molecule has 0 bridgehead atoms. The third-order valence-electron chi connectivity index (χ3n) is 1.68. The Hall–Kier alpha value is -0.370. The number of rotatable bonds is 5. The van der Waals surface area contributed by atoms with Crippen LogP contribution in [-0.2, 0) is 4.79 Å². The Morgan fingerprint density at radius 2 is 1.92 bits per heavy atom. The van der Waals surface area contributed by atoms with Crippen molar-refractivity contribution in [1.82, 2.24) is 5.32 Å². The molecule has 0 aliphatic heterocycles. The topological polar surface area (TPSA) is 29.1 Å². The highest BCUT2D eigenvalue weighted by Gasteiger charge is 2.07. The van der Waals surface area contributed by atoms with E-state index in [1.165, 1.54) is 0 Å². The molecule has 0 aromatic rings. The molecule has 2 nitrogen and oxygen atoms in total. The summed E-state index contributed by atoms with van der Waals surface area (Å²) in [4.78, 5) is 10.9. The van der Waals surface area contributed by atoms with Crippen LogP contribution in [-0.4, -0.2) is 17.9 Å². The Morgan fingerprint density at radius 3 is 2.33 bits per heavy atom. The summed E-state index contributed by atoms with van der Waals surface area (Å²) in [5.41, 5.74) is 0.176. The minimum absolute atomic E-state index is 0.176. The van der Waals surface area contributed by atoms with E-state index in [4.69, 9.17) is 0 Å². The average Bonchev–Trinajstić information content (AvgIpc) is 1.96. The minimum atomic E-state index is 0.176. The lowest BCUT2D eigenvalue weighted by Crippen LogP contribution is -2.36. The van der Waals surface area contributed by atoms with Gasteiger partial charge in [0.25, 0.3) is 0 Å². The first kappa shape index (κ1) is 11.6. The van der Waals surface area contributed by atoms with E-state index in [0.717, 1.165) is 19.4 Å². The van der Waals surface area contributed by atoms with Gasteiger partial charge < -0.3 is 5.32 Å². The van der Waals surface area contributed by atoms with Crippen molar-refractivity contribution in [3.05, 3.63) is 0 Å². The zero-order chi connectivity index (χ0) is 9.61. The van der Waals surface area contributed by atoms with Gasteiger partial charge in [-0.2, -0.15) is 0 Å². The number of carbonyl (C=O) groups is 1.